The third-order valence-corrected chi connectivity index (χ3v) is 7.07. The molecular formula is C20H30ClN3O2. The second kappa shape index (κ2) is 7.45. The average molecular weight is 380 g/mol. The molecule has 2 bridgehead atoms. The van der Waals surface area contributed by atoms with E-state index in [-0.39, 0.29) is 18.0 Å². The van der Waals surface area contributed by atoms with Crippen LogP contribution in [0.5, 0.6) is 0 Å². The number of carbonyl (C=O) groups excluding carboxylic acids is 1. The Morgan fingerprint density at radius 3 is 2.46 bits per heavy atom. The normalized spacial score (nSPS) is 36.7. The molecule has 0 radical (unpaired) electrons. The highest BCUT2D eigenvalue weighted by atomic mass is 35.5. The van der Waals surface area contributed by atoms with Crippen molar-refractivity contribution < 1.29 is 9.53 Å². The Hall–Kier alpha value is -1.17. The molecule has 2 saturated carbocycles. The minimum atomic E-state index is -0.473. The molecule has 5 nitrogen and oxygen atoms in total. The number of hydrogen-bond donors (Lipinski definition) is 1. The van der Waals surface area contributed by atoms with Crippen LogP contribution < -0.4 is 5.73 Å². The van der Waals surface area contributed by atoms with Gasteiger partial charge in [0.1, 0.15) is 11.3 Å². The third-order valence-electron chi connectivity index (χ3n) is 7.07. The summed E-state index contributed by atoms with van der Waals surface area (Å²) in [7, 11) is 1.83. The van der Waals surface area contributed by atoms with E-state index in [2.05, 4.69) is 16.8 Å². The summed E-state index contributed by atoms with van der Waals surface area (Å²) in [6.07, 6.45) is 8.01. The lowest BCUT2D eigenvalue weighted by Gasteiger charge is -2.58. The van der Waals surface area contributed by atoms with Crippen molar-refractivity contribution >= 4 is 18.3 Å². The van der Waals surface area contributed by atoms with Crippen LogP contribution in [0.1, 0.15) is 55.1 Å². The molecule has 4 rings (SSSR count). The van der Waals surface area contributed by atoms with E-state index in [4.69, 9.17) is 10.5 Å². The zero-order valence-corrected chi connectivity index (χ0v) is 16.5. The van der Waals surface area contributed by atoms with Crippen LogP contribution >= 0.6 is 12.4 Å². The van der Waals surface area contributed by atoms with Gasteiger partial charge in [-0.3, -0.25) is 14.7 Å². The van der Waals surface area contributed by atoms with Crippen LogP contribution in [0.3, 0.4) is 0 Å². The molecule has 2 aliphatic carbocycles. The molecule has 3 fully saturated rings. The molecule has 1 aliphatic heterocycles. The van der Waals surface area contributed by atoms with Crippen LogP contribution in [0.2, 0.25) is 0 Å². The molecule has 26 heavy (non-hydrogen) atoms. The van der Waals surface area contributed by atoms with Crippen LogP contribution in [0.25, 0.3) is 0 Å². The van der Waals surface area contributed by atoms with Crippen molar-refractivity contribution in [3.05, 3.63) is 29.6 Å². The van der Waals surface area contributed by atoms with E-state index in [1.54, 1.807) is 6.20 Å². The van der Waals surface area contributed by atoms with E-state index in [1.807, 2.05) is 19.2 Å². The number of likely N-dealkylation sites (tertiary alicyclic amines) is 1. The van der Waals surface area contributed by atoms with Gasteiger partial charge in [0, 0.05) is 44.3 Å². The number of amides is 1. The molecule has 4 atom stereocenters. The minimum Gasteiger partial charge on any atom is -0.373 e. The van der Waals surface area contributed by atoms with Gasteiger partial charge in [-0.1, -0.05) is 13.3 Å². The van der Waals surface area contributed by atoms with Gasteiger partial charge in [-0.2, -0.15) is 0 Å². The van der Waals surface area contributed by atoms with Crippen LogP contribution in [0.15, 0.2) is 18.3 Å². The van der Waals surface area contributed by atoms with E-state index in [1.165, 1.54) is 32.1 Å². The van der Waals surface area contributed by atoms with Crippen LogP contribution in [-0.4, -0.2) is 42.0 Å². The van der Waals surface area contributed by atoms with Crippen LogP contribution in [0.4, 0.5) is 0 Å². The van der Waals surface area contributed by atoms with Crippen molar-refractivity contribution in [3.8, 4) is 0 Å². The summed E-state index contributed by atoms with van der Waals surface area (Å²) >= 11 is 0. The summed E-state index contributed by atoms with van der Waals surface area (Å²) < 4.78 is 6.27. The molecule has 0 aromatic carbocycles. The van der Waals surface area contributed by atoms with Crippen LogP contribution in [-0.2, 0) is 10.3 Å². The Balaban J connectivity index is 0.00000196. The van der Waals surface area contributed by atoms with Gasteiger partial charge in [0.25, 0.3) is 5.91 Å². The number of aromatic nitrogens is 1. The first-order chi connectivity index (χ1) is 12.1. The monoisotopic (exact) mass is 379 g/mol. The summed E-state index contributed by atoms with van der Waals surface area (Å²) in [5, 5.41) is 0. The number of ether oxygens (including phenoxy) is 1. The number of fused-ring (bicyclic) bond motifs is 2. The number of hydrogen-bond acceptors (Lipinski definition) is 4. The molecule has 3 aliphatic rings. The fourth-order valence-corrected chi connectivity index (χ4v) is 5.66. The Morgan fingerprint density at radius 1 is 1.27 bits per heavy atom. The number of nitrogens with zero attached hydrogens (tertiary/aromatic N) is 2. The van der Waals surface area contributed by atoms with Gasteiger partial charge >= 0.3 is 0 Å². The zero-order valence-electron chi connectivity index (χ0n) is 15.7. The Kier molecular flexibility index (Phi) is 5.61. The van der Waals surface area contributed by atoms with Crippen molar-refractivity contribution in [1.29, 1.82) is 0 Å². The maximum Gasteiger partial charge on any atom is 0.267 e. The molecule has 1 aromatic rings. The standard InChI is InChI=1S/C20H29N3O2.ClH/c1-13-6-7-18(13)23-11-15-4-3-5-16(12-23)20(15,25-2)14-8-9-22-17(10-14)19(21)24;/h8-10,13,15-16,18H,3-7,11-12H2,1-2H3,(H2,21,24);1H/t13-,15?,16?,18?,20?;/m1./s1. The number of primary amides is 1. The van der Waals surface area contributed by atoms with Crippen molar-refractivity contribution in [3.63, 3.8) is 0 Å². The topological polar surface area (TPSA) is 68.5 Å². The van der Waals surface area contributed by atoms with Gasteiger partial charge in [0.15, 0.2) is 0 Å². The van der Waals surface area contributed by atoms with Gasteiger partial charge in [-0.25, -0.2) is 0 Å². The van der Waals surface area contributed by atoms with Crippen molar-refractivity contribution in [2.45, 2.75) is 50.7 Å². The SMILES string of the molecule is COC1(c2ccnc(C(N)=O)c2)C2CCCC1CN(C1CC[C@H]1C)C2.Cl. The van der Waals surface area contributed by atoms with E-state index in [0.29, 0.717) is 17.5 Å². The Morgan fingerprint density at radius 2 is 1.96 bits per heavy atom. The molecule has 2 heterocycles. The second-order valence-corrected chi connectivity index (χ2v) is 8.19. The summed E-state index contributed by atoms with van der Waals surface area (Å²) in [5.74, 6) is 1.26. The van der Waals surface area contributed by atoms with Crippen molar-refractivity contribution in [2.75, 3.05) is 20.2 Å². The Bertz CT molecular complexity index is 654. The molecule has 1 saturated heterocycles. The van der Waals surface area contributed by atoms with Gasteiger partial charge in [0.2, 0.25) is 0 Å². The molecule has 6 heteroatoms. The smallest absolute Gasteiger partial charge is 0.267 e. The maximum absolute atomic E-state index is 11.6. The lowest BCUT2D eigenvalue weighted by atomic mass is 9.61. The highest BCUT2D eigenvalue weighted by Gasteiger charge is 2.54. The molecule has 3 unspecified atom stereocenters. The van der Waals surface area contributed by atoms with Crippen molar-refractivity contribution in [2.24, 2.45) is 23.5 Å². The lowest BCUT2D eigenvalue weighted by molar-refractivity contribution is -0.181. The molecule has 144 valence electrons. The zero-order chi connectivity index (χ0) is 17.6. The number of halogens is 1. The number of methoxy groups -OCH3 is 1. The largest absolute Gasteiger partial charge is 0.373 e. The van der Waals surface area contributed by atoms with Crippen LogP contribution in [0, 0.1) is 17.8 Å². The van der Waals surface area contributed by atoms with E-state index >= 15 is 0 Å². The minimum absolute atomic E-state index is 0. The van der Waals surface area contributed by atoms with Gasteiger partial charge in [-0.05, 0) is 49.3 Å². The molecule has 0 spiro atoms. The number of carbonyl (C=O) groups is 1. The average Bonchev–Trinajstić information content (AvgIpc) is 2.59. The summed E-state index contributed by atoms with van der Waals surface area (Å²) in [6, 6.07) is 4.62. The first-order valence-electron chi connectivity index (χ1n) is 9.61. The molecule has 1 amide bonds. The van der Waals surface area contributed by atoms with Gasteiger partial charge in [-0.15, -0.1) is 12.4 Å². The highest BCUT2D eigenvalue weighted by molar-refractivity contribution is 5.90. The summed E-state index contributed by atoms with van der Waals surface area (Å²) in [4.78, 5) is 18.5. The number of piperidine rings is 1. The third kappa shape index (κ3) is 2.94. The highest BCUT2D eigenvalue weighted by Crippen LogP contribution is 2.52. The van der Waals surface area contributed by atoms with Crippen molar-refractivity contribution in [1.82, 2.24) is 9.88 Å². The maximum atomic E-state index is 11.6. The van der Waals surface area contributed by atoms with Gasteiger partial charge < -0.3 is 10.5 Å². The predicted octanol–water partition coefficient (Wildman–Crippen LogP) is 2.97. The fourth-order valence-electron chi connectivity index (χ4n) is 5.66. The van der Waals surface area contributed by atoms with E-state index < -0.39 is 5.91 Å². The van der Waals surface area contributed by atoms with Gasteiger partial charge in [0.05, 0.1) is 0 Å². The predicted molar refractivity (Wildman–Crippen MR) is 103 cm³/mol. The second-order valence-electron chi connectivity index (χ2n) is 8.19. The fraction of sp³-hybridized carbons (Fsp3) is 0.700. The lowest BCUT2D eigenvalue weighted by Crippen LogP contribution is -2.62. The molecule has 1 aromatic heterocycles. The summed E-state index contributed by atoms with van der Waals surface area (Å²) in [5.41, 5.74) is 6.57. The number of rotatable bonds is 4. The first-order valence-corrected chi connectivity index (χ1v) is 9.61. The Labute approximate surface area is 162 Å². The molecule has 2 N–H and O–H groups in total. The molecular weight excluding hydrogens is 350 g/mol. The quantitative estimate of drug-likeness (QED) is 0.873. The van der Waals surface area contributed by atoms with E-state index in [0.717, 1.165) is 30.6 Å². The number of nitrogens with two attached hydrogens (primary N) is 1. The number of pyridine rings is 1. The summed E-state index contributed by atoms with van der Waals surface area (Å²) in [6.45, 7) is 4.56. The van der Waals surface area contributed by atoms with E-state index in [9.17, 15) is 4.79 Å². The first kappa shape index (κ1) is 19.6.